The molecule has 0 spiro atoms. The summed E-state index contributed by atoms with van der Waals surface area (Å²) in [7, 11) is 0. The summed E-state index contributed by atoms with van der Waals surface area (Å²) < 4.78 is 15.1. The molecule has 0 atom stereocenters. The first-order valence-electron chi connectivity index (χ1n) is 9.48. The van der Waals surface area contributed by atoms with Gasteiger partial charge in [0.1, 0.15) is 11.5 Å². The third kappa shape index (κ3) is 4.09. The van der Waals surface area contributed by atoms with Crippen molar-refractivity contribution in [1.82, 2.24) is 14.8 Å². The Morgan fingerprint density at radius 1 is 1.03 bits per heavy atom. The number of halogens is 3. The van der Waals surface area contributed by atoms with E-state index in [0.29, 0.717) is 15.6 Å². The van der Waals surface area contributed by atoms with Crippen molar-refractivity contribution in [3.8, 4) is 5.69 Å². The van der Waals surface area contributed by atoms with Gasteiger partial charge in [0.05, 0.1) is 17.3 Å². The maximum Gasteiger partial charge on any atom is 0.329 e. The van der Waals surface area contributed by atoms with Gasteiger partial charge in [-0.15, -0.1) is 0 Å². The van der Waals surface area contributed by atoms with E-state index in [0.717, 1.165) is 27.5 Å². The molecule has 0 unspecified atom stereocenters. The molecule has 1 aromatic heterocycles. The van der Waals surface area contributed by atoms with Crippen LogP contribution >= 0.6 is 23.2 Å². The van der Waals surface area contributed by atoms with Crippen LogP contribution in [0.5, 0.6) is 0 Å². The van der Waals surface area contributed by atoms with E-state index in [9.17, 15) is 14.0 Å². The van der Waals surface area contributed by atoms with Crippen molar-refractivity contribution in [3.05, 3.63) is 92.6 Å². The zero-order chi connectivity index (χ0) is 22.3. The maximum absolute atomic E-state index is 13.1. The van der Waals surface area contributed by atoms with Crippen LogP contribution in [0.1, 0.15) is 22.5 Å². The van der Waals surface area contributed by atoms with Gasteiger partial charge < -0.3 is 9.88 Å². The second-order valence-corrected chi connectivity index (χ2v) is 8.11. The van der Waals surface area contributed by atoms with Crippen molar-refractivity contribution < 1.29 is 14.0 Å². The molecule has 8 heteroatoms. The molecule has 1 N–H and O–H groups in total. The first kappa shape index (κ1) is 21.2. The fourth-order valence-electron chi connectivity index (χ4n) is 3.60. The standard InChI is InChI=1S/C23H18Cl2FN3O2/c1-13-9-16(14(2)29(13)21-11-17(24)5-8-19(21)25)10-20-22(30)28(23(31)27-20)12-15-3-6-18(26)7-4-15/h3-11H,12H2,1-2H3,(H,27,31)/b20-10+. The molecule has 1 fully saturated rings. The highest BCUT2D eigenvalue weighted by Gasteiger charge is 2.33. The van der Waals surface area contributed by atoms with Gasteiger partial charge in [-0.1, -0.05) is 35.3 Å². The van der Waals surface area contributed by atoms with Crippen LogP contribution < -0.4 is 5.32 Å². The number of nitrogens with one attached hydrogen (secondary N) is 1. The van der Waals surface area contributed by atoms with E-state index in [4.69, 9.17) is 23.2 Å². The SMILES string of the molecule is Cc1cc(/C=C2/NC(=O)N(Cc3ccc(F)cc3)C2=O)c(C)n1-c1cc(Cl)ccc1Cl. The number of urea groups is 1. The van der Waals surface area contributed by atoms with Crippen molar-refractivity contribution in [2.75, 3.05) is 0 Å². The Morgan fingerprint density at radius 3 is 2.45 bits per heavy atom. The van der Waals surface area contributed by atoms with Crippen LogP contribution in [0.3, 0.4) is 0 Å². The Kier molecular flexibility index (Phi) is 5.60. The van der Waals surface area contributed by atoms with Crippen molar-refractivity contribution in [2.24, 2.45) is 0 Å². The summed E-state index contributed by atoms with van der Waals surface area (Å²) >= 11 is 12.5. The van der Waals surface area contributed by atoms with Gasteiger partial charge in [0.25, 0.3) is 5.91 Å². The largest absolute Gasteiger partial charge is 0.329 e. The average molecular weight is 458 g/mol. The molecule has 0 radical (unpaired) electrons. The molecule has 31 heavy (non-hydrogen) atoms. The van der Waals surface area contributed by atoms with E-state index in [-0.39, 0.29) is 18.1 Å². The van der Waals surface area contributed by atoms with Gasteiger partial charge in [0.2, 0.25) is 0 Å². The van der Waals surface area contributed by atoms with E-state index in [2.05, 4.69) is 5.32 Å². The number of aromatic nitrogens is 1. The molecule has 1 aliphatic heterocycles. The molecule has 2 heterocycles. The molecule has 0 bridgehead atoms. The second kappa shape index (κ2) is 8.21. The number of carbonyl (C=O) groups excluding carboxylic acids is 2. The van der Waals surface area contributed by atoms with Gasteiger partial charge in [-0.3, -0.25) is 9.69 Å². The molecule has 2 aromatic carbocycles. The normalized spacial score (nSPS) is 15.1. The zero-order valence-electron chi connectivity index (χ0n) is 16.7. The molecule has 3 amide bonds. The molecule has 3 aromatic rings. The van der Waals surface area contributed by atoms with Gasteiger partial charge in [-0.2, -0.15) is 0 Å². The fourth-order valence-corrected chi connectivity index (χ4v) is 3.97. The van der Waals surface area contributed by atoms with Crippen molar-refractivity contribution >= 4 is 41.2 Å². The van der Waals surface area contributed by atoms with Gasteiger partial charge in [0.15, 0.2) is 0 Å². The van der Waals surface area contributed by atoms with Crippen LogP contribution in [0.2, 0.25) is 10.0 Å². The number of imide groups is 1. The molecule has 1 saturated heterocycles. The zero-order valence-corrected chi connectivity index (χ0v) is 18.3. The summed E-state index contributed by atoms with van der Waals surface area (Å²) in [5, 5.41) is 3.72. The third-order valence-corrected chi connectivity index (χ3v) is 5.69. The Balaban J connectivity index is 1.65. The molecular formula is C23H18Cl2FN3O2. The number of carbonyl (C=O) groups is 2. The number of amides is 3. The predicted molar refractivity (Wildman–Crippen MR) is 119 cm³/mol. The van der Waals surface area contributed by atoms with E-state index >= 15 is 0 Å². The summed E-state index contributed by atoms with van der Waals surface area (Å²) in [5.41, 5.74) is 4.06. The summed E-state index contributed by atoms with van der Waals surface area (Å²) in [5.74, 6) is -0.823. The van der Waals surface area contributed by atoms with E-state index in [1.54, 1.807) is 36.4 Å². The molecule has 4 rings (SSSR count). The van der Waals surface area contributed by atoms with Crippen LogP contribution in [-0.2, 0) is 11.3 Å². The fraction of sp³-hybridized carbons (Fsp3) is 0.130. The number of hydrogen-bond acceptors (Lipinski definition) is 2. The highest BCUT2D eigenvalue weighted by molar-refractivity contribution is 6.34. The van der Waals surface area contributed by atoms with Crippen molar-refractivity contribution in [2.45, 2.75) is 20.4 Å². The summed E-state index contributed by atoms with van der Waals surface area (Å²) in [4.78, 5) is 26.3. The van der Waals surface area contributed by atoms with E-state index < -0.39 is 11.9 Å². The van der Waals surface area contributed by atoms with E-state index in [1.165, 1.54) is 12.1 Å². The topological polar surface area (TPSA) is 54.3 Å². The van der Waals surface area contributed by atoms with Crippen molar-refractivity contribution in [1.29, 1.82) is 0 Å². The van der Waals surface area contributed by atoms with Crippen LogP contribution in [0.15, 0.2) is 54.2 Å². The lowest BCUT2D eigenvalue weighted by Gasteiger charge is -2.12. The number of benzene rings is 2. The number of hydrogen-bond donors (Lipinski definition) is 1. The first-order valence-corrected chi connectivity index (χ1v) is 10.2. The second-order valence-electron chi connectivity index (χ2n) is 7.26. The monoisotopic (exact) mass is 457 g/mol. The molecule has 1 aliphatic rings. The molecular weight excluding hydrogens is 440 g/mol. The van der Waals surface area contributed by atoms with Gasteiger partial charge >= 0.3 is 6.03 Å². The lowest BCUT2D eigenvalue weighted by atomic mass is 10.2. The smallest absolute Gasteiger partial charge is 0.316 e. The maximum atomic E-state index is 13.1. The van der Waals surface area contributed by atoms with Crippen LogP contribution in [0.25, 0.3) is 11.8 Å². The highest BCUT2D eigenvalue weighted by atomic mass is 35.5. The molecule has 5 nitrogen and oxygen atoms in total. The Bertz CT molecular complexity index is 1230. The number of nitrogens with zero attached hydrogens (tertiary/aromatic N) is 2. The third-order valence-electron chi connectivity index (χ3n) is 5.14. The molecule has 158 valence electrons. The highest BCUT2D eigenvalue weighted by Crippen LogP contribution is 2.30. The van der Waals surface area contributed by atoms with Crippen LogP contribution in [0.4, 0.5) is 9.18 Å². The molecule has 0 saturated carbocycles. The number of aryl methyl sites for hydroxylation is 1. The summed E-state index contributed by atoms with van der Waals surface area (Å²) in [6.45, 7) is 3.87. The minimum absolute atomic E-state index is 0.0550. The Labute approximate surface area is 188 Å². The first-order chi connectivity index (χ1) is 14.7. The van der Waals surface area contributed by atoms with Gasteiger partial charge in [-0.05, 0) is 67.4 Å². The van der Waals surface area contributed by atoms with Crippen LogP contribution in [-0.4, -0.2) is 21.4 Å². The Hall–Kier alpha value is -3.09. The lowest BCUT2D eigenvalue weighted by molar-refractivity contribution is -0.123. The average Bonchev–Trinajstić information content (AvgIpc) is 3.15. The minimum atomic E-state index is -0.521. The number of rotatable bonds is 4. The van der Waals surface area contributed by atoms with Gasteiger partial charge in [0, 0.05) is 16.4 Å². The quantitative estimate of drug-likeness (QED) is 0.407. The summed E-state index contributed by atoms with van der Waals surface area (Å²) in [6.07, 6.45) is 1.64. The molecule has 0 aliphatic carbocycles. The van der Waals surface area contributed by atoms with Crippen LogP contribution in [0, 0.1) is 19.7 Å². The van der Waals surface area contributed by atoms with Gasteiger partial charge in [-0.25, -0.2) is 9.18 Å². The minimum Gasteiger partial charge on any atom is -0.316 e. The predicted octanol–water partition coefficient (Wildman–Crippen LogP) is 5.63. The van der Waals surface area contributed by atoms with Crippen molar-refractivity contribution in [3.63, 3.8) is 0 Å². The van der Waals surface area contributed by atoms with E-state index in [1.807, 2.05) is 24.5 Å². The summed E-state index contributed by atoms with van der Waals surface area (Å²) in [6, 6.07) is 12.3. The Morgan fingerprint density at radius 2 is 1.74 bits per heavy atom. The lowest BCUT2D eigenvalue weighted by Crippen LogP contribution is -2.30.